The van der Waals surface area contributed by atoms with Gasteiger partial charge in [0.25, 0.3) is 11.8 Å². The fraction of sp³-hybridized carbons (Fsp3) is 0.296. The van der Waals surface area contributed by atoms with Crippen LogP contribution in [-0.2, 0) is 13.0 Å². The average molecular weight is 635 g/mol. The molecule has 8 nitrogen and oxygen atoms in total. The van der Waals surface area contributed by atoms with Crippen molar-refractivity contribution in [2.75, 3.05) is 23.7 Å². The second-order valence-electron chi connectivity index (χ2n) is 8.66. The third-order valence-corrected chi connectivity index (χ3v) is 6.41. The Morgan fingerprint density at radius 2 is 1.75 bits per heavy atom. The number of carbonyl (C=O) groups is 2. The fourth-order valence-electron chi connectivity index (χ4n) is 4.28. The monoisotopic (exact) mass is 633 g/mol. The SMILES string of the molecule is CCc1c(CN)ccc(C(=O)Nc2ccc(F)cc2C(=O)Nc2ccc(Cl)cn2)c1OC1CCNCC1.Cl.Cl.Cl. The third-order valence-electron chi connectivity index (χ3n) is 6.19. The Kier molecular flexibility index (Phi) is 14.6. The van der Waals surface area contributed by atoms with Gasteiger partial charge in [-0.05, 0) is 79.9 Å². The first-order valence-electron chi connectivity index (χ1n) is 12.2. The van der Waals surface area contributed by atoms with Crippen molar-refractivity contribution in [2.24, 2.45) is 5.73 Å². The van der Waals surface area contributed by atoms with Crippen LogP contribution in [0, 0.1) is 5.82 Å². The van der Waals surface area contributed by atoms with Crippen molar-refractivity contribution in [3.63, 3.8) is 0 Å². The van der Waals surface area contributed by atoms with E-state index in [0.717, 1.165) is 43.1 Å². The van der Waals surface area contributed by atoms with E-state index < -0.39 is 17.6 Å². The van der Waals surface area contributed by atoms with E-state index in [0.29, 0.717) is 29.3 Å². The van der Waals surface area contributed by atoms with Crippen molar-refractivity contribution in [2.45, 2.75) is 38.8 Å². The van der Waals surface area contributed by atoms with Gasteiger partial charge in [-0.15, -0.1) is 37.2 Å². The molecule has 1 aromatic heterocycles. The van der Waals surface area contributed by atoms with Crippen LogP contribution < -0.4 is 26.4 Å². The normalized spacial score (nSPS) is 12.7. The van der Waals surface area contributed by atoms with Gasteiger partial charge in [-0.1, -0.05) is 24.6 Å². The molecule has 0 unspecified atom stereocenters. The summed E-state index contributed by atoms with van der Waals surface area (Å²) in [6.07, 6.45) is 3.61. The molecule has 0 atom stereocenters. The second-order valence-corrected chi connectivity index (χ2v) is 9.10. The molecule has 0 aliphatic carbocycles. The Bertz CT molecular complexity index is 1290. The lowest BCUT2D eigenvalue weighted by molar-refractivity contribution is 0.101. The lowest BCUT2D eigenvalue weighted by Crippen LogP contribution is -2.34. The van der Waals surface area contributed by atoms with Crippen LogP contribution in [0.15, 0.2) is 48.7 Å². The molecule has 218 valence electrons. The van der Waals surface area contributed by atoms with Gasteiger partial charge in [0.05, 0.1) is 21.8 Å². The number of hydrogen-bond donors (Lipinski definition) is 4. The zero-order valence-electron chi connectivity index (χ0n) is 21.7. The van der Waals surface area contributed by atoms with Gasteiger partial charge in [-0.3, -0.25) is 9.59 Å². The molecule has 0 bridgehead atoms. The summed E-state index contributed by atoms with van der Waals surface area (Å²) in [5.74, 6) is -1.01. The van der Waals surface area contributed by atoms with Gasteiger partial charge in [0.1, 0.15) is 23.5 Å². The number of hydrogen-bond acceptors (Lipinski definition) is 6. The van der Waals surface area contributed by atoms with E-state index in [1.165, 1.54) is 24.4 Å². The van der Waals surface area contributed by atoms with E-state index in [4.69, 9.17) is 22.1 Å². The number of nitrogens with zero attached hydrogens (tertiary/aromatic N) is 1. The van der Waals surface area contributed by atoms with Crippen LogP contribution in [-0.4, -0.2) is 36.0 Å². The smallest absolute Gasteiger partial charge is 0.259 e. The average Bonchev–Trinajstić information content (AvgIpc) is 2.91. The molecule has 2 aromatic carbocycles. The summed E-state index contributed by atoms with van der Waals surface area (Å²) in [4.78, 5) is 30.5. The van der Waals surface area contributed by atoms with Crippen LogP contribution >= 0.6 is 48.8 Å². The molecule has 1 aliphatic heterocycles. The largest absolute Gasteiger partial charge is 0.489 e. The number of piperidine rings is 1. The zero-order chi connectivity index (χ0) is 26.4. The molecule has 2 heterocycles. The molecule has 5 N–H and O–H groups in total. The molecular formula is C27H32Cl4FN5O3. The molecule has 40 heavy (non-hydrogen) atoms. The molecule has 0 radical (unpaired) electrons. The molecule has 4 rings (SSSR count). The molecule has 1 aliphatic rings. The first kappa shape index (κ1) is 35.4. The molecule has 1 saturated heterocycles. The minimum atomic E-state index is -0.636. The van der Waals surface area contributed by atoms with Crippen LogP contribution in [0.4, 0.5) is 15.9 Å². The fourth-order valence-corrected chi connectivity index (χ4v) is 4.39. The van der Waals surface area contributed by atoms with E-state index in [1.54, 1.807) is 12.1 Å². The predicted molar refractivity (Wildman–Crippen MR) is 164 cm³/mol. The maximum atomic E-state index is 14.1. The Balaban J connectivity index is 0.00000267. The summed E-state index contributed by atoms with van der Waals surface area (Å²) in [5, 5.41) is 9.07. The number of pyridine rings is 1. The Hall–Kier alpha value is -2.66. The first-order valence-corrected chi connectivity index (χ1v) is 12.5. The van der Waals surface area contributed by atoms with Crippen molar-refractivity contribution in [1.82, 2.24) is 10.3 Å². The molecule has 3 aromatic rings. The number of anilines is 2. The number of ether oxygens (including phenoxy) is 1. The summed E-state index contributed by atoms with van der Waals surface area (Å²) < 4.78 is 20.5. The van der Waals surface area contributed by atoms with Crippen molar-refractivity contribution < 1.29 is 18.7 Å². The molecule has 1 fully saturated rings. The van der Waals surface area contributed by atoms with E-state index in [1.807, 2.05) is 13.0 Å². The Morgan fingerprint density at radius 3 is 2.38 bits per heavy atom. The number of nitrogens with two attached hydrogens (primary N) is 1. The summed E-state index contributed by atoms with van der Waals surface area (Å²) in [7, 11) is 0. The summed E-state index contributed by atoms with van der Waals surface area (Å²) in [5.41, 5.74) is 8.15. The van der Waals surface area contributed by atoms with Crippen molar-refractivity contribution in [3.8, 4) is 5.75 Å². The van der Waals surface area contributed by atoms with E-state index >= 15 is 0 Å². The minimum absolute atomic E-state index is 0. The highest BCUT2D eigenvalue weighted by molar-refractivity contribution is 6.30. The summed E-state index contributed by atoms with van der Waals surface area (Å²) >= 11 is 5.85. The molecule has 0 spiro atoms. The van der Waals surface area contributed by atoms with Crippen molar-refractivity contribution in [3.05, 3.63) is 81.8 Å². The maximum Gasteiger partial charge on any atom is 0.259 e. The lowest BCUT2D eigenvalue weighted by Gasteiger charge is -2.27. The number of halogens is 5. The standard InChI is InChI=1S/C27H29ClFN5O3.3ClH/c1-2-20-16(14-30)3-6-21(25(20)37-19-9-11-31-12-10-19)26(35)33-23-7-5-18(29)13-22(23)27(36)34-24-8-4-17(28)15-32-24;;;/h3-8,13,15,19,31H,2,9-12,14,30H2,1H3,(H,33,35)(H,32,34,36);3*1H. The minimum Gasteiger partial charge on any atom is -0.489 e. The molecule has 0 saturated carbocycles. The quantitative estimate of drug-likeness (QED) is 0.249. The van der Waals surface area contributed by atoms with Crippen molar-refractivity contribution in [1.29, 1.82) is 0 Å². The zero-order valence-corrected chi connectivity index (χ0v) is 24.9. The van der Waals surface area contributed by atoms with Gasteiger partial charge in [0, 0.05) is 12.7 Å². The van der Waals surface area contributed by atoms with E-state index in [2.05, 4.69) is 20.9 Å². The summed E-state index contributed by atoms with van der Waals surface area (Å²) in [6.45, 7) is 3.97. The highest BCUT2D eigenvalue weighted by atomic mass is 35.5. The predicted octanol–water partition coefficient (Wildman–Crippen LogP) is 5.80. The summed E-state index contributed by atoms with van der Waals surface area (Å²) in [6, 6.07) is 10.2. The van der Waals surface area contributed by atoms with Crippen LogP contribution in [0.3, 0.4) is 0 Å². The van der Waals surface area contributed by atoms with Crippen LogP contribution in [0.25, 0.3) is 0 Å². The number of nitrogens with one attached hydrogen (secondary N) is 3. The van der Waals surface area contributed by atoms with Crippen LogP contribution in [0.5, 0.6) is 5.75 Å². The van der Waals surface area contributed by atoms with Gasteiger partial charge < -0.3 is 26.4 Å². The van der Waals surface area contributed by atoms with Gasteiger partial charge in [0.15, 0.2) is 0 Å². The van der Waals surface area contributed by atoms with Crippen LogP contribution in [0.2, 0.25) is 5.02 Å². The lowest BCUT2D eigenvalue weighted by atomic mass is 9.98. The van der Waals surface area contributed by atoms with Gasteiger partial charge in [-0.25, -0.2) is 9.37 Å². The van der Waals surface area contributed by atoms with Crippen molar-refractivity contribution >= 4 is 72.1 Å². The number of benzene rings is 2. The third kappa shape index (κ3) is 8.67. The molecular weight excluding hydrogens is 603 g/mol. The maximum absolute atomic E-state index is 14.1. The Morgan fingerprint density at radius 1 is 1.05 bits per heavy atom. The molecule has 13 heteroatoms. The number of rotatable bonds is 8. The first-order chi connectivity index (χ1) is 17.9. The molecule has 2 amide bonds. The van der Waals surface area contributed by atoms with Crippen LogP contribution in [0.1, 0.15) is 51.6 Å². The Labute approximate surface area is 256 Å². The number of aromatic nitrogens is 1. The topological polar surface area (TPSA) is 118 Å². The number of carbonyl (C=O) groups excluding carboxylic acids is 2. The highest BCUT2D eigenvalue weighted by Gasteiger charge is 2.24. The van der Waals surface area contributed by atoms with Gasteiger partial charge in [-0.2, -0.15) is 0 Å². The van der Waals surface area contributed by atoms with Gasteiger partial charge >= 0.3 is 0 Å². The van der Waals surface area contributed by atoms with Gasteiger partial charge in [0.2, 0.25) is 0 Å². The van der Waals surface area contributed by atoms with E-state index in [9.17, 15) is 14.0 Å². The highest BCUT2D eigenvalue weighted by Crippen LogP contribution is 2.32. The second kappa shape index (κ2) is 16.6. The number of amides is 2. The van der Waals surface area contributed by atoms with E-state index in [-0.39, 0.29) is 60.4 Å².